The smallest absolute Gasteiger partial charge is 0.195 e. The Morgan fingerprint density at radius 2 is 1.90 bits per heavy atom. The second-order valence-electron chi connectivity index (χ2n) is 7.37. The maximum atomic E-state index is 13.0. The molecular formula is C24H22N4O3. The lowest BCUT2D eigenvalue weighted by Crippen LogP contribution is -2.36. The predicted molar refractivity (Wildman–Crippen MR) is 119 cm³/mol. The molecule has 0 unspecified atom stereocenters. The third kappa shape index (κ3) is 3.64. The number of pyridine rings is 2. The summed E-state index contributed by atoms with van der Waals surface area (Å²) in [6.45, 7) is 3.11. The fourth-order valence-electron chi connectivity index (χ4n) is 3.93. The molecule has 0 atom stereocenters. The Morgan fingerprint density at radius 1 is 1.10 bits per heavy atom. The topological polar surface area (TPSA) is 80.3 Å². The highest BCUT2D eigenvalue weighted by atomic mass is 16.5. The zero-order valence-corrected chi connectivity index (χ0v) is 17.2. The molecule has 7 heteroatoms. The maximum Gasteiger partial charge on any atom is 0.195 e. The largest absolute Gasteiger partial charge is 0.495 e. The van der Waals surface area contributed by atoms with Crippen molar-refractivity contribution in [3.63, 3.8) is 0 Å². The van der Waals surface area contributed by atoms with Crippen LogP contribution in [0.5, 0.6) is 5.75 Å². The minimum Gasteiger partial charge on any atom is -0.495 e. The van der Waals surface area contributed by atoms with Crippen molar-refractivity contribution in [3.05, 3.63) is 72.3 Å². The van der Waals surface area contributed by atoms with E-state index >= 15 is 0 Å². The number of benzene rings is 1. The standard InChI is InChI=1S/C24H22N4O3/c1-30-22-13-17(2-3-21(22)28-8-10-31-11-9-28)18-12-19-20(15-27-24(19)26-14-18)23(29)16-4-6-25-7-5-16/h2-7,12-15H,8-11H2,1H3,(H,26,27). The average molecular weight is 414 g/mol. The molecule has 31 heavy (non-hydrogen) atoms. The molecule has 5 rings (SSSR count). The van der Waals surface area contributed by atoms with Gasteiger partial charge in [-0.05, 0) is 35.9 Å². The second kappa shape index (κ2) is 8.20. The molecule has 1 aromatic carbocycles. The van der Waals surface area contributed by atoms with Gasteiger partial charge in [-0.3, -0.25) is 9.78 Å². The van der Waals surface area contributed by atoms with Crippen LogP contribution in [0.1, 0.15) is 15.9 Å². The number of morpholine rings is 1. The molecule has 1 fully saturated rings. The zero-order valence-electron chi connectivity index (χ0n) is 17.2. The SMILES string of the molecule is COc1cc(-c2cnc3[nH]cc(C(=O)c4ccncc4)c3c2)ccc1N1CCOCC1. The Kier molecular flexibility index (Phi) is 5.09. The van der Waals surface area contributed by atoms with E-state index in [9.17, 15) is 4.79 Å². The monoisotopic (exact) mass is 414 g/mol. The van der Waals surface area contributed by atoms with Crippen molar-refractivity contribution in [2.24, 2.45) is 0 Å². The molecule has 7 nitrogen and oxygen atoms in total. The van der Waals surface area contributed by atoms with Crippen molar-refractivity contribution in [1.29, 1.82) is 0 Å². The summed E-state index contributed by atoms with van der Waals surface area (Å²) in [6, 6.07) is 11.6. The van der Waals surface area contributed by atoms with Crippen LogP contribution in [0.4, 0.5) is 5.69 Å². The number of ketones is 1. The van der Waals surface area contributed by atoms with Crippen LogP contribution in [0.2, 0.25) is 0 Å². The number of rotatable bonds is 5. The number of H-pyrrole nitrogens is 1. The molecule has 0 aliphatic carbocycles. The minimum absolute atomic E-state index is 0.0622. The predicted octanol–water partition coefficient (Wildman–Crippen LogP) is 3.70. The van der Waals surface area contributed by atoms with E-state index in [4.69, 9.17) is 9.47 Å². The van der Waals surface area contributed by atoms with Gasteiger partial charge in [0, 0.05) is 60.0 Å². The molecule has 4 heterocycles. The molecule has 156 valence electrons. The summed E-state index contributed by atoms with van der Waals surface area (Å²) in [5.74, 6) is 0.745. The second-order valence-corrected chi connectivity index (χ2v) is 7.37. The Balaban J connectivity index is 1.52. The Bertz CT molecular complexity index is 1230. The molecule has 0 radical (unpaired) electrons. The highest BCUT2D eigenvalue weighted by molar-refractivity contribution is 6.16. The zero-order chi connectivity index (χ0) is 21.2. The van der Waals surface area contributed by atoms with Gasteiger partial charge in [-0.25, -0.2) is 4.98 Å². The van der Waals surface area contributed by atoms with Crippen LogP contribution in [0, 0.1) is 0 Å². The number of aromatic nitrogens is 3. The van der Waals surface area contributed by atoms with Gasteiger partial charge in [0.1, 0.15) is 11.4 Å². The third-order valence-electron chi connectivity index (χ3n) is 5.58. The Labute approximate surface area is 179 Å². The molecule has 0 amide bonds. The van der Waals surface area contributed by atoms with Gasteiger partial charge in [-0.1, -0.05) is 6.07 Å². The molecule has 1 aliphatic heterocycles. The minimum atomic E-state index is -0.0622. The number of ether oxygens (including phenoxy) is 2. The van der Waals surface area contributed by atoms with Crippen molar-refractivity contribution in [2.75, 3.05) is 38.3 Å². The Morgan fingerprint density at radius 3 is 2.68 bits per heavy atom. The fraction of sp³-hybridized carbons (Fsp3) is 0.208. The van der Waals surface area contributed by atoms with Crippen LogP contribution < -0.4 is 9.64 Å². The van der Waals surface area contributed by atoms with E-state index < -0.39 is 0 Å². The first-order valence-electron chi connectivity index (χ1n) is 10.2. The van der Waals surface area contributed by atoms with Gasteiger partial charge in [0.05, 0.1) is 26.0 Å². The summed E-state index contributed by atoms with van der Waals surface area (Å²) in [5, 5.41) is 0.788. The van der Waals surface area contributed by atoms with Gasteiger partial charge in [0.2, 0.25) is 0 Å². The van der Waals surface area contributed by atoms with Crippen molar-refractivity contribution in [1.82, 2.24) is 15.0 Å². The summed E-state index contributed by atoms with van der Waals surface area (Å²) in [4.78, 5) is 26.9. The lowest BCUT2D eigenvalue weighted by molar-refractivity contribution is 0.104. The van der Waals surface area contributed by atoms with Crippen LogP contribution in [-0.2, 0) is 4.74 Å². The summed E-state index contributed by atoms with van der Waals surface area (Å²) in [5.41, 5.74) is 4.82. The van der Waals surface area contributed by atoms with E-state index in [1.54, 1.807) is 37.8 Å². The first kappa shape index (κ1) is 19.3. The molecule has 1 saturated heterocycles. The normalized spacial score (nSPS) is 14.0. The number of hydrogen-bond acceptors (Lipinski definition) is 6. The lowest BCUT2D eigenvalue weighted by atomic mass is 10.0. The number of hydrogen-bond donors (Lipinski definition) is 1. The van der Waals surface area contributed by atoms with Gasteiger partial charge in [0.15, 0.2) is 5.78 Å². The number of carbonyl (C=O) groups excluding carboxylic acids is 1. The molecule has 0 bridgehead atoms. The number of anilines is 1. The van der Waals surface area contributed by atoms with E-state index in [2.05, 4.69) is 32.0 Å². The van der Waals surface area contributed by atoms with Crippen LogP contribution in [0.15, 0.2) is 61.2 Å². The van der Waals surface area contributed by atoms with Crippen molar-refractivity contribution in [3.8, 4) is 16.9 Å². The van der Waals surface area contributed by atoms with Crippen LogP contribution in [-0.4, -0.2) is 54.1 Å². The van der Waals surface area contributed by atoms with Crippen LogP contribution in [0.25, 0.3) is 22.2 Å². The van der Waals surface area contributed by atoms with Gasteiger partial charge in [-0.2, -0.15) is 0 Å². The lowest BCUT2D eigenvalue weighted by Gasteiger charge is -2.30. The molecule has 4 aromatic rings. The molecule has 0 spiro atoms. The maximum absolute atomic E-state index is 13.0. The Hall–Kier alpha value is -3.71. The van der Waals surface area contributed by atoms with E-state index in [-0.39, 0.29) is 5.78 Å². The quantitative estimate of drug-likeness (QED) is 0.502. The van der Waals surface area contributed by atoms with Crippen molar-refractivity contribution in [2.45, 2.75) is 0 Å². The van der Waals surface area contributed by atoms with Crippen molar-refractivity contribution < 1.29 is 14.3 Å². The van der Waals surface area contributed by atoms with E-state index in [1.165, 1.54) is 0 Å². The molecule has 1 aliphatic rings. The number of fused-ring (bicyclic) bond motifs is 1. The van der Waals surface area contributed by atoms with Gasteiger partial charge >= 0.3 is 0 Å². The van der Waals surface area contributed by atoms with E-state index in [1.807, 2.05) is 18.3 Å². The van der Waals surface area contributed by atoms with Gasteiger partial charge < -0.3 is 19.4 Å². The third-order valence-corrected chi connectivity index (χ3v) is 5.58. The highest BCUT2D eigenvalue weighted by Crippen LogP contribution is 2.34. The van der Waals surface area contributed by atoms with E-state index in [0.717, 1.165) is 41.0 Å². The molecule has 3 aromatic heterocycles. The summed E-state index contributed by atoms with van der Waals surface area (Å²) < 4.78 is 11.1. The number of carbonyl (C=O) groups is 1. The van der Waals surface area contributed by atoms with Gasteiger partial charge in [-0.15, -0.1) is 0 Å². The first-order chi connectivity index (χ1) is 15.2. The number of nitrogens with zero attached hydrogens (tertiary/aromatic N) is 3. The molecule has 1 N–H and O–H groups in total. The molecular weight excluding hydrogens is 392 g/mol. The highest BCUT2D eigenvalue weighted by Gasteiger charge is 2.18. The summed E-state index contributed by atoms with van der Waals surface area (Å²) in [6.07, 6.45) is 6.76. The summed E-state index contributed by atoms with van der Waals surface area (Å²) >= 11 is 0. The average Bonchev–Trinajstić information content (AvgIpc) is 3.27. The molecule has 0 saturated carbocycles. The van der Waals surface area contributed by atoms with Crippen molar-refractivity contribution >= 4 is 22.5 Å². The first-order valence-corrected chi connectivity index (χ1v) is 10.2. The number of nitrogens with one attached hydrogen (secondary N) is 1. The van der Waals surface area contributed by atoms with Crippen LogP contribution in [0.3, 0.4) is 0 Å². The fourth-order valence-corrected chi connectivity index (χ4v) is 3.93. The van der Waals surface area contributed by atoms with E-state index in [0.29, 0.717) is 30.0 Å². The number of methoxy groups -OCH3 is 1. The summed E-state index contributed by atoms with van der Waals surface area (Å²) in [7, 11) is 1.68. The van der Waals surface area contributed by atoms with Crippen LogP contribution >= 0.6 is 0 Å². The van der Waals surface area contributed by atoms with Gasteiger partial charge in [0.25, 0.3) is 0 Å². The number of aromatic amines is 1.